The summed E-state index contributed by atoms with van der Waals surface area (Å²) in [4.78, 5) is 12.7. The predicted molar refractivity (Wildman–Crippen MR) is 90.0 cm³/mol. The van der Waals surface area contributed by atoms with Gasteiger partial charge in [-0.05, 0) is 54.8 Å². The Hall–Kier alpha value is -0.610. The van der Waals surface area contributed by atoms with Crippen molar-refractivity contribution in [3.8, 4) is 0 Å². The number of hydrogen-bond donors (Lipinski definition) is 2. The lowest BCUT2D eigenvalue weighted by Crippen LogP contribution is -2.69. The van der Waals surface area contributed by atoms with Crippen molar-refractivity contribution in [3.05, 3.63) is 0 Å². The Morgan fingerprint density at radius 2 is 1.96 bits per heavy atom. The van der Waals surface area contributed by atoms with Crippen LogP contribution in [-0.2, 0) is 9.53 Å². The van der Waals surface area contributed by atoms with E-state index in [0.717, 1.165) is 25.7 Å². The molecule has 24 heavy (non-hydrogen) atoms. The summed E-state index contributed by atoms with van der Waals surface area (Å²) >= 11 is 0. The Bertz CT molecular complexity index is 546. The zero-order chi connectivity index (χ0) is 17.4. The Kier molecular flexibility index (Phi) is 3.65. The molecule has 2 N–H and O–H groups in total. The monoisotopic (exact) mass is 336 g/mol. The third-order valence-corrected chi connectivity index (χ3v) is 8.20. The highest BCUT2D eigenvalue weighted by molar-refractivity contribution is 5.77. The van der Waals surface area contributed by atoms with Gasteiger partial charge in [0.2, 0.25) is 0 Å². The number of hydrogen-bond acceptors (Lipinski definition) is 4. The zero-order valence-corrected chi connectivity index (χ0v) is 15.4. The Balaban J connectivity index is 1.80. The molecule has 0 spiro atoms. The van der Waals surface area contributed by atoms with Gasteiger partial charge in [-0.15, -0.1) is 0 Å². The fourth-order valence-corrected chi connectivity index (χ4v) is 7.07. The van der Waals surface area contributed by atoms with E-state index in [1.54, 1.807) is 0 Å². The van der Waals surface area contributed by atoms with Gasteiger partial charge in [-0.2, -0.15) is 0 Å². The molecule has 1 saturated heterocycles. The molecule has 4 aliphatic rings. The van der Waals surface area contributed by atoms with Gasteiger partial charge in [-0.1, -0.05) is 34.1 Å². The van der Waals surface area contributed by atoms with E-state index in [1.165, 1.54) is 0 Å². The van der Waals surface area contributed by atoms with Gasteiger partial charge in [0.1, 0.15) is 6.10 Å². The number of carbonyl (C=O) groups excluding carboxylic acids is 1. The van der Waals surface area contributed by atoms with Crippen LogP contribution >= 0.6 is 0 Å². The molecule has 0 aromatic heterocycles. The second kappa shape index (κ2) is 5.20. The molecule has 3 aliphatic carbocycles. The highest BCUT2D eigenvalue weighted by Crippen LogP contribution is 2.66. The number of esters is 1. The molecule has 0 bridgehead atoms. The van der Waals surface area contributed by atoms with Gasteiger partial charge in [0.15, 0.2) is 0 Å². The summed E-state index contributed by atoms with van der Waals surface area (Å²) in [5.41, 5.74) is -1.24. The molecule has 4 rings (SSSR count). The van der Waals surface area contributed by atoms with Crippen LogP contribution in [-0.4, -0.2) is 34.0 Å². The van der Waals surface area contributed by atoms with Crippen LogP contribution in [0.25, 0.3) is 0 Å². The molecule has 1 unspecified atom stereocenters. The summed E-state index contributed by atoms with van der Waals surface area (Å²) in [7, 11) is 0. The molecule has 0 radical (unpaired) electrons. The zero-order valence-electron chi connectivity index (χ0n) is 15.4. The van der Waals surface area contributed by atoms with Gasteiger partial charge in [0.05, 0.1) is 17.6 Å². The minimum Gasteiger partial charge on any atom is -0.461 e. The van der Waals surface area contributed by atoms with Crippen molar-refractivity contribution in [1.29, 1.82) is 0 Å². The lowest BCUT2D eigenvalue weighted by Gasteiger charge is -2.63. The lowest BCUT2D eigenvalue weighted by atomic mass is 9.43. The summed E-state index contributed by atoms with van der Waals surface area (Å²) in [5.74, 6) is 0.534. The summed E-state index contributed by atoms with van der Waals surface area (Å²) in [6.07, 6.45) is 3.66. The smallest absolute Gasteiger partial charge is 0.312 e. The third-order valence-electron chi connectivity index (χ3n) is 8.20. The minimum absolute atomic E-state index is 0.0554. The first kappa shape index (κ1) is 16.8. The first-order chi connectivity index (χ1) is 11.2. The first-order valence-electron chi connectivity index (χ1n) is 9.81. The molecule has 0 aromatic rings. The average Bonchev–Trinajstić information content (AvgIpc) is 2.83. The Morgan fingerprint density at radius 1 is 1.25 bits per heavy atom. The molecule has 0 aromatic carbocycles. The van der Waals surface area contributed by atoms with E-state index in [4.69, 9.17) is 4.74 Å². The molecular formula is C20H32O4. The topological polar surface area (TPSA) is 66.8 Å². The largest absolute Gasteiger partial charge is 0.461 e. The van der Waals surface area contributed by atoms with Crippen LogP contribution in [0, 0.1) is 40.9 Å². The van der Waals surface area contributed by atoms with Crippen LogP contribution < -0.4 is 0 Å². The van der Waals surface area contributed by atoms with Crippen molar-refractivity contribution >= 4 is 5.97 Å². The van der Waals surface area contributed by atoms with Crippen molar-refractivity contribution in [2.75, 3.05) is 0 Å². The second-order valence-electron chi connectivity index (χ2n) is 9.78. The standard InChI is InChI=1S/C20H32O4/c1-10(2)12-7-8-19(4)13-6-5-11(3)9-20(13,23)17(21)14-15(19)16(12)24-18(14)22/h10-17,21,23H,5-9H2,1-4H3/t11-,12-,13+,14?,15+,16-,17-,19+,20-/m0/s1. The molecular weight excluding hydrogens is 304 g/mol. The van der Waals surface area contributed by atoms with Crippen LogP contribution in [0.15, 0.2) is 0 Å². The summed E-state index contributed by atoms with van der Waals surface area (Å²) in [6.45, 7) is 8.80. The lowest BCUT2D eigenvalue weighted by molar-refractivity contribution is -0.250. The van der Waals surface area contributed by atoms with Crippen molar-refractivity contribution in [1.82, 2.24) is 0 Å². The number of ether oxygens (including phenoxy) is 1. The van der Waals surface area contributed by atoms with Crippen LogP contribution in [0.1, 0.15) is 59.8 Å². The Labute approximate surface area is 145 Å². The summed E-state index contributed by atoms with van der Waals surface area (Å²) < 4.78 is 5.86. The number of carbonyl (C=O) groups is 1. The van der Waals surface area contributed by atoms with Gasteiger partial charge in [-0.3, -0.25) is 4.79 Å². The molecule has 4 fully saturated rings. The van der Waals surface area contributed by atoms with Gasteiger partial charge < -0.3 is 14.9 Å². The van der Waals surface area contributed by atoms with E-state index in [2.05, 4.69) is 27.7 Å². The third kappa shape index (κ3) is 1.96. The molecule has 136 valence electrons. The summed E-state index contributed by atoms with van der Waals surface area (Å²) in [5, 5.41) is 22.6. The normalized spacial score (nSPS) is 56.6. The fraction of sp³-hybridized carbons (Fsp3) is 0.950. The fourth-order valence-electron chi connectivity index (χ4n) is 7.07. The maximum atomic E-state index is 12.7. The van der Waals surface area contributed by atoms with Gasteiger partial charge in [0, 0.05) is 5.92 Å². The van der Waals surface area contributed by atoms with E-state index >= 15 is 0 Å². The van der Waals surface area contributed by atoms with Crippen molar-refractivity contribution in [2.24, 2.45) is 40.9 Å². The van der Waals surface area contributed by atoms with E-state index in [9.17, 15) is 15.0 Å². The van der Waals surface area contributed by atoms with Crippen LogP contribution in [0.2, 0.25) is 0 Å². The minimum atomic E-state index is -1.13. The van der Waals surface area contributed by atoms with E-state index in [-0.39, 0.29) is 29.3 Å². The highest BCUT2D eigenvalue weighted by Gasteiger charge is 2.72. The van der Waals surface area contributed by atoms with E-state index < -0.39 is 17.6 Å². The molecule has 1 heterocycles. The summed E-state index contributed by atoms with van der Waals surface area (Å²) in [6, 6.07) is 0. The van der Waals surface area contributed by atoms with E-state index in [1.807, 2.05) is 0 Å². The van der Waals surface area contributed by atoms with Gasteiger partial charge in [0.25, 0.3) is 0 Å². The molecule has 4 heteroatoms. The highest BCUT2D eigenvalue weighted by atomic mass is 16.6. The Morgan fingerprint density at radius 3 is 2.62 bits per heavy atom. The molecule has 0 amide bonds. The molecule has 4 nitrogen and oxygen atoms in total. The predicted octanol–water partition coefficient (Wildman–Crippen LogP) is 2.76. The van der Waals surface area contributed by atoms with Crippen LogP contribution in [0.3, 0.4) is 0 Å². The van der Waals surface area contributed by atoms with Crippen molar-refractivity contribution in [3.63, 3.8) is 0 Å². The molecule has 1 aliphatic heterocycles. The SMILES string of the molecule is CC(C)[C@@H]1CC[C@@]2(C)[C@@H]3C(C(=O)O[C@H]31)[C@H](O)[C@]1(O)C[C@@H](C)CC[C@H]21. The molecule has 9 atom stereocenters. The number of fused-ring (bicyclic) bond motifs is 2. The molecule has 3 saturated carbocycles. The van der Waals surface area contributed by atoms with Crippen LogP contribution in [0.4, 0.5) is 0 Å². The average molecular weight is 336 g/mol. The number of aliphatic hydroxyl groups is 2. The second-order valence-corrected chi connectivity index (χ2v) is 9.78. The quantitative estimate of drug-likeness (QED) is 0.723. The van der Waals surface area contributed by atoms with Crippen molar-refractivity contribution in [2.45, 2.75) is 77.6 Å². The maximum absolute atomic E-state index is 12.7. The van der Waals surface area contributed by atoms with Crippen LogP contribution in [0.5, 0.6) is 0 Å². The maximum Gasteiger partial charge on any atom is 0.312 e. The van der Waals surface area contributed by atoms with Gasteiger partial charge >= 0.3 is 5.97 Å². The van der Waals surface area contributed by atoms with Crippen molar-refractivity contribution < 1.29 is 19.7 Å². The first-order valence-corrected chi connectivity index (χ1v) is 9.81. The van der Waals surface area contributed by atoms with Gasteiger partial charge in [-0.25, -0.2) is 0 Å². The number of aliphatic hydroxyl groups excluding tert-OH is 1. The van der Waals surface area contributed by atoms with E-state index in [0.29, 0.717) is 24.2 Å². The number of rotatable bonds is 1.